The molecule has 0 saturated carbocycles. The van der Waals surface area contributed by atoms with Crippen LogP contribution in [-0.4, -0.2) is 52.3 Å². The summed E-state index contributed by atoms with van der Waals surface area (Å²) in [5.41, 5.74) is 7.27. The summed E-state index contributed by atoms with van der Waals surface area (Å²) in [5.74, 6) is -0.0339. The van der Waals surface area contributed by atoms with Crippen LogP contribution in [0.4, 0.5) is 0 Å². The normalized spacial score (nSPS) is 38.5. The number of nitrogens with two attached hydrogens (primary N) is 1. The molecular weight excluding hydrogens is 272 g/mol. The molecule has 112 valence electrons. The molecule has 3 rings (SSSR count). The Morgan fingerprint density at radius 1 is 1.62 bits per heavy atom. The van der Waals surface area contributed by atoms with E-state index in [0.717, 1.165) is 11.3 Å². The van der Waals surface area contributed by atoms with Gasteiger partial charge in [0, 0.05) is 30.2 Å². The number of nitrogens with zero attached hydrogens (tertiary/aromatic N) is 3. The van der Waals surface area contributed by atoms with Crippen LogP contribution in [0.5, 0.6) is 0 Å². The molecule has 1 saturated heterocycles. The summed E-state index contributed by atoms with van der Waals surface area (Å²) in [7, 11) is 0. The van der Waals surface area contributed by atoms with Gasteiger partial charge in [0.1, 0.15) is 5.82 Å². The highest BCUT2D eigenvalue weighted by Gasteiger charge is 2.47. The van der Waals surface area contributed by atoms with Gasteiger partial charge in [-0.25, -0.2) is 4.99 Å². The lowest BCUT2D eigenvalue weighted by Crippen LogP contribution is -2.44. The van der Waals surface area contributed by atoms with Gasteiger partial charge >= 0.3 is 0 Å². The molecule has 21 heavy (non-hydrogen) atoms. The van der Waals surface area contributed by atoms with Crippen molar-refractivity contribution in [1.29, 1.82) is 5.26 Å². The third-order valence-electron chi connectivity index (χ3n) is 4.39. The largest absolute Gasteiger partial charge is 0.394 e. The van der Waals surface area contributed by atoms with Gasteiger partial charge in [0.05, 0.1) is 30.6 Å². The van der Waals surface area contributed by atoms with Crippen molar-refractivity contribution in [3.8, 4) is 6.19 Å². The van der Waals surface area contributed by atoms with Gasteiger partial charge in [0.25, 0.3) is 0 Å². The maximum Gasteiger partial charge on any atom is 0.183 e. The summed E-state index contributed by atoms with van der Waals surface area (Å²) in [5, 5.41) is 28.9. The predicted molar refractivity (Wildman–Crippen MR) is 74.5 cm³/mol. The summed E-state index contributed by atoms with van der Waals surface area (Å²) >= 11 is 0. The Balaban J connectivity index is 1.91. The van der Waals surface area contributed by atoms with Crippen molar-refractivity contribution >= 4 is 5.71 Å². The van der Waals surface area contributed by atoms with Gasteiger partial charge < -0.3 is 20.7 Å². The molecule has 3 aliphatic heterocycles. The second-order valence-corrected chi connectivity index (χ2v) is 5.68. The Labute approximate surface area is 122 Å². The lowest BCUT2D eigenvalue weighted by atomic mass is 9.84. The number of aliphatic hydroxyl groups is 2. The Morgan fingerprint density at radius 3 is 3.00 bits per heavy atom. The summed E-state index contributed by atoms with van der Waals surface area (Å²) < 4.78 is 5.80. The number of aliphatic imine (C=N–C) groups is 1. The van der Waals surface area contributed by atoms with Crippen LogP contribution in [0.1, 0.15) is 6.92 Å². The van der Waals surface area contributed by atoms with Crippen LogP contribution in [0.15, 0.2) is 28.7 Å². The standard InChI is InChI=1S/C14H18N4O3/c1-7-10(5-19)21-14(13(7)20)9-4-18(6-15)3-8-2-11(16)17-12(8)9/h2-3,7,9-10,13-14,19-20H,4-5,16H2,1H3/t7-,9?,10-,13-,14+/m1/s1. The van der Waals surface area contributed by atoms with Crippen LogP contribution in [0.2, 0.25) is 0 Å². The molecule has 1 unspecified atom stereocenters. The van der Waals surface area contributed by atoms with Crippen molar-refractivity contribution in [2.45, 2.75) is 25.2 Å². The molecule has 3 aliphatic rings. The number of fused-ring (bicyclic) bond motifs is 1. The Hall–Kier alpha value is -1.88. The first-order chi connectivity index (χ1) is 10.0. The van der Waals surface area contributed by atoms with E-state index in [1.54, 1.807) is 12.3 Å². The smallest absolute Gasteiger partial charge is 0.183 e. The zero-order valence-corrected chi connectivity index (χ0v) is 11.7. The highest BCUT2D eigenvalue weighted by atomic mass is 16.5. The number of ether oxygens (including phenoxy) is 1. The van der Waals surface area contributed by atoms with Crippen LogP contribution in [0.25, 0.3) is 0 Å². The molecule has 0 spiro atoms. The fraction of sp³-hybridized carbons (Fsp3) is 0.571. The summed E-state index contributed by atoms with van der Waals surface area (Å²) in [6, 6.07) is 0. The second kappa shape index (κ2) is 5.15. The molecule has 0 aromatic rings. The molecule has 0 radical (unpaired) electrons. The molecule has 0 bridgehead atoms. The Kier molecular flexibility index (Phi) is 3.45. The molecule has 7 nitrogen and oxygen atoms in total. The number of aliphatic hydroxyl groups excluding tert-OH is 2. The van der Waals surface area contributed by atoms with Crippen LogP contribution in [0.3, 0.4) is 0 Å². The van der Waals surface area contributed by atoms with E-state index < -0.39 is 18.3 Å². The Morgan fingerprint density at radius 2 is 2.38 bits per heavy atom. The van der Waals surface area contributed by atoms with E-state index in [1.807, 2.05) is 6.92 Å². The van der Waals surface area contributed by atoms with Crippen LogP contribution in [-0.2, 0) is 4.74 Å². The van der Waals surface area contributed by atoms with E-state index in [1.165, 1.54) is 4.90 Å². The maximum atomic E-state index is 10.4. The minimum atomic E-state index is -0.712. The second-order valence-electron chi connectivity index (χ2n) is 5.68. The van der Waals surface area contributed by atoms with Gasteiger partial charge in [-0.3, -0.25) is 4.90 Å². The van der Waals surface area contributed by atoms with E-state index in [0.29, 0.717) is 12.4 Å². The number of allylic oxidation sites excluding steroid dienone is 2. The zero-order valence-electron chi connectivity index (χ0n) is 11.7. The van der Waals surface area contributed by atoms with Gasteiger partial charge in [-0.15, -0.1) is 0 Å². The van der Waals surface area contributed by atoms with Crippen molar-refractivity contribution in [2.24, 2.45) is 22.6 Å². The van der Waals surface area contributed by atoms with Gasteiger partial charge in [-0.05, 0) is 6.08 Å². The van der Waals surface area contributed by atoms with Crippen LogP contribution >= 0.6 is 0 Å². The van der Waals surface area contributed by atoms with Crippen LogP contribution < -0.4 is 5.73 Å². The Bertz CT molecular complexity index is 577. The van der Waals surface area contributed by atoms with Gasteiger partial charge in [-0.2, -0.15) is 5.26 Å². The average molecular weight is 290 g/mol. The lowest BCUT2D eigenvalue weighted by Gasteiger charge is -2.32. The third-order valence-corrected chi connectivity index (χ3v) is 4.39. The number of hydrogen-bond donors (Lipinski definition) is 3. The molecule has 5 atom stereocenters. The monoisotopic (exact) mass is 290 g/mol. The fourth-order valence-electron chi connectivity index (χ4n) is 3.19. The van der Waals surface area contributed by atoms with Gasteiger partial charge in [0.2, 0.25) is 0 Å². The highest BCUT2D eigenvalue weighted by Crippen LogP contribution is 2.36. The van der Waals surface area contributed by atoms with E-state index in [9.17, 15) is 10.2 Å². The average Bonchev–Trinajstić information content (AvgIpc) is 2.98. The summed E-state index contributed by atoms with van der Waals surface area (Å²) in [6.07, 6.45) is 3.87. The van der Waals surface area contributed by atoms with Crippen LogP contribution in [0, 0.1) is 23.3 Å². The molecule has 0 amide bonds. The van der Waals surface area contributed by atoms with Gasteiger partial charge in [-0.1, -0.05) is 6.92 Å². The van der Waals surface area contributed by atoms with Crippen molar-refractivity contribution in [2.75, 3.05) is 13.2 Å². The minimum absolute atomic E-state index is 0.140. The summed E-state index contributed by atoms with van der Waals surface area (Å²) in [6.45, 7) is 2.09. The molecule has 3 heterocycles. The molecular formula is C14H18N4O3. The van der Waals surface area contributed by atoms with Crippen molar-refractivity contribution < 1.29 is 14.9 Å². The quantitative estimate of drug-likeness (QED) is 0.579. The zero-order chi connectivity index (χ0) is 15.1. The first kappa shape index (κ1) is 14.1. The van der Waals surface area contributed by atoms with Crippen molar-refractivity contribution in [3.05, 3.63) is 23.7 Å². The van der Waals surface area contributed by atoms with Crippen molar-refractivity contribution in [1.82, 2.24) is 4.90 Å². The van der Waals surface area contributed by atoms with E-state index in [2.05, 4.69) is 11.2 Å². The van der Waals surface area contributed by atoms with E-state index >= 15 is 0 Å². The highest BCUT2D eigenvalue weighted by molar-refractivity contribution is 6.07. The van der Waals surface area contributed by atoms with Crippen molar-refractivity contribution in [3.63, 3.8) is 0 Å². The van der Waals surface area contributed by atoms with E-state index in [-0.39, 0.29) is 18.4 Å². The van der Waals surface area contributed by atoms with Gasteiger partial charge in [0.15, 0.2) is 6.19 Å². The molecule has 1 fully saturated rings. The molecule has 4 N–H and O–H groups in total. The maximum absolute atomic E-state index is 10.4. The van der Waals surface area contributed by atoms with E-state index in [4.69, 9.17) is 15.7 Å². The molecule has 0 aromatic heterocycles. The predicted octanol–water partition coefficient (Wildman–Crippen LogP) is -0.705. The lowest BCUT2D eigenvalue weighted by molar-refractivity contribution is -0.0295. The first-order valence-corrected chi connectivity index (χ1v) is 6.94. The first-order valence-electron chi connectivity index (χ1n) is 6.94. The number of nitriles is 1. The molecule has 0 aliphatic carbocycles. The molecule has 7 heteroatoms. The third kappa shape index (κ3) is 2.21. The number of rotatable bonds is 2. The SMILES string of the molecule is C[C@H]1[C@@H](O)[C@H](C2CN(C#N)C=C3C=C(N)N=C32)O[C@@H]1CO. The fourth-order valence-corrected chi connectivity index (χ4v) is 3.19. The summed E-state index contributed by atoms with van der Waals surface area (Å²) in [4.78, 5) is 5.80. The number of hydrogen-bond acceptors (Lipinski definition) is 7. The molecule has 0 aromatic carbocycles. The topological polar surface area (TPSA) is 115 Å². The minimum Gasteiger partial charge on any atom is -0.394 e.